The number of amides is 1. The lowest BCUT2D eigenvalue weighted by molar-refractivity contribution is -0.146. The summed E-state index contributed by atoms with van der Waals surface area (Å²) < 4.78 is 0. The average molecular weight is 203 g/mol. The number of carbonyl (C=O) groups is 2. The van der Waals surface area contributed by atoms with Crippen LogP contribution in [-0.4, -0.2) is 34.7 Å². The molecule has 82 valence electrons. The second-order valence-electron chi connectivity index (χ2n) is 4.40. The Labute approximate surface area is 83.1 Å². The topological polar surface area (TPSA) is 86.6 Å². The number of aliphatic hydroxyl groups is 1. The molecule has 0 aromatic rings. The number of hydrogen-bond donors (Lipinski definition) is 3. The minimum atomic E-state index is -1.53. The van der Waals surface area contributed by atoms with E-state index in [0.717, 1.165) is 0 Å². The van der Waals surface area contributed by atoms with Crippen LogP contribution in [0.1, 0.15) is 27.2 Å². The Morgan fingerprint density at radius 3 is 2.21 bits per heavy atom. The van der Waals surface area contributed by atoms with Gasteiger partial charge in [0, 0.05) is 6.42 Å². The van der Waals surface area contributed by atoms with E-state index < -0.39 is 12.1 Å². The maximum atomic E-state index is 11.2. The quantitative estimate of drug-likeness (QED) is 0.599. The van der Waals surface area contributed by atoms with Gasteiger partial charge in [-0.1, -0.05) is 20.8 Å². The van der Waals surface area contributed by atoms with Crippen LogP contribution in [0.5, 0.6) is 0 Å². The zero-order valence-electron chi connectivity index (χ0n) is 8.70. The van der Waals surface area contributed by atoms with E-state index in [1.54, 1.807) is 0 Å². The second-order valence-corrected chi connectivity index (χ2v) is 4.40. The summed E-state index contributed by atoms with van der Waals surface area (Å²) in [4.78, 5) is 21.4. The summed E-state index contributed by atoms with van der Waals surface area (Å²) in [5.74, 6) is -1.58. The van der Waals surface area contributed by atoms with E-state index in [0.29, 0.717) is 6.42 Å². The molecule has 0 aromatic heterocycles. The van der Waals surface area contributed by atoms with E-state index in [9.17, 15) is 9.59 Å². The van der Waals surface area contributed by atoms with Gasteiger partial charge in [0.1, 0.15) is 0 Å². The molecular formula is C9H17NO4. The molecule has 0 fully saturated rings. The first-order valence-electron chi connectivity index (χ1n) is 4.40. The van der Waals surface area contributed by atoms with E-state index in [1.807, 2.05) is 20.8 Å². The third kappa shape index (κ3) is 6.42. The summed E-state index contributed by atoms with van der Waals surface area (Å²) in [6, 6.07) is 0. The van der Waals surface area contributed by atoms with Crippen LogP contribution < -0.4 is 5.32 Å². The van der Waals surface area contributed by atoms with Gasteiger partial charge in [-0.05, 0) is 5.41 Å². The highest BCUT2D eigenvalue weighted by Crippen LogP contribution is 2.17. The standard InChI is InChI=1S/C9H17NO4/c1-9(2,3)4-7(12)10-5-6(11)8(13)14/h6,11H,4-5H2,1-3H3,(H,10,12)(H,13,14)/t6-/m0/s1. The van der Waals surface area contributed by atoms with Crippen molar-refractivity contribution < 1.29 is 19.8 Å². The zero-order chi connectivity index (χ0) is 11.4. The summed E-state index contributed by atoms with van der Waals surface area (Å²) in [7, 11) is 0. The molecule has 0 radical (unpaired) electrons. The van der Waals surface area contributed by atoms with E-state index in [4.69, 9.17) is 10.2 Å². The molecule has 0 aliphatic rings. The molecule has 0 aliphatic carbocycles. The molecule has 14 heavy (non-hydrogen) atoms. The van der Waals surface area contributed by atoms with E-state index in [1.165, 1.54) is 0 Å². The maximum Gasteiger partial charge on any atom is 0.334 e. The van der Waals surface area contributed by atoms with Crippen molar-refractivity contribution in [3.8, 4) is 0 Å². The minimum absolute atomic E-state index is 0.141. The number of aliphatic hydroxyl groups excluding tert-OH is 1. The summed E-state index contributed by atoms with van der Waals surface area (Å²) >= 11 is 0. The van der Waals surface area contributed by atoms with Crippen LogP contribution >= 0.6 is 0 Å². The largest absolute Gasteiger partial charge is 0.479 e. The molecule has 0 spiro atoms. The second kappa shape index (κ2) is 4.95. The molecule has 5 nitrogen and oxygen atoms in total. The lowest BCUT2D eigenvalue weighted by Crippen LogP contribution is -2.37. The fourth-order valence-electron chi connectivity index (χ4n) is 0.842. The van der Waals surface area contributed by atoms with E-state index in [2.05, 4.69) is 5.32 Å². The first-order valence-corrected chi connectivity index (χ1v) is 4.40. The normalized spacial score (nSPS) is 13.4. The first kappa shape index (κ1) is 12.9. The molecular weight excluding hydrogens is 186 g/mol. The predicted molar refractivity (Wildman–Crippen MR) is 50.7 cm³/mol. The Morgan fingerprint density at radius 2 is 1.86 bits per heavy atom. The lowest BCUT2D eigenvalue weighted by atomic mass is 9.92. The Kier molecular flexibility index (Phi) is 4.56. The number of aliphatic carboxylic acids is 1. The van der Waals surface area contributed by atoms with Gasteiger partial charge in [-0.3, -0.25) is 4.79 Å². The van der Waals surface area contributed by atoms with Crippen LogP contribution in [0.2, 0.25) is 0 Å². The average Bonchev–Trinajstić information content (AvgIpc) is 1.96. The molecule has 0 saturated carbocycles. The van der Waals surface area contributed by atoms with Gasteiger partial charge in [-0.2, -0.15) is 0 Å². The SMILES string of the molecule is CC(C)(C)CC(=O)NC[C@H](O)C(=O)O. The smallest absolute Gasteiger partial charge is 0.334 e. The highest BCUT2D eigenvalue weighted by molar-refractivity contribution is 5.78. The molecule has 1 atom stereocenters. The zero-order valence-corrected chi connectivity index (χ0v) is 8.70. The predicted octanol–water partition coefficient (Wildman–Crippen LogP) is -0.0157. The molecule has 0 heterocycles. The molecule has 5 heteroatoms. The Bertz CT molecular complexity index is 219. The van der Waals surface area contributed by atoms with Crippen molar-refractivity contribution in [2.45, 2.75) is 33.3 Å². The number of carboxylic acids is 1. The highest BCUT2D eigenvalue weighted by Gasteiger charge is 2.18. The molecule has 0 unspecified atom stereocenters. The van der Waals surface area contributed by atoms with Gasteiger partial charge in [0.2, 0.25) is 5.91 Å². The summed E-state index contributed by atoms with van der Waals surface area (Å²) in [6.07, 6.45) is -1.22. The van der Waals surface area contributed by atoms with Crippen molar-refractivity contribution in [2.24, 2.45) is 5.41 Å². The third-order valence-electron chi connectivity index (χ3n) is 1.47. The summed E-state index contributed by atoms with van der Waals surface area (Å²) in [5, 5.41) is 19.5. The van der Waals surface area contributed by atoms with Crippen LogP contribution in [-0.2, 0) is 9.59 Å². The Morgan fingerprint density at radius 1 is 1.36 bits per heavy atom. The summed E-state index contributed by atoms with van der Waals surface area (Å²) in [6.45, 7) is 5.46. The molecule has 1 amide bonds. The Hall–Kier alpha value is -1.10. The van der Waals surface area contributed by atoms with E-state index in [-0.39, 0.29) is 17.9 Å². The minimum Gasteiger partial charge on any atom is -0.479 e. The highest BCUT2D eigenvalue weighted by atomic mass is 16.4. The van der Waals surface area contributed by atoms with Gasteiger partial charge < -0.3 is 15.5 Å². The van der Waals surface area contributed by atoms with Crippen molar-refractivity contribution in [3.63, 3.8) is 0 Å². The third-order valence-corrected chi connectivity index (χ3v) is 1.47. The number of nitrogens with one attached hydrogen (secondary N) is 1. The fraction of sp³-hybridized carbons (Fsp3) is 0.778. The number of carbonyl (C=O) groups excluding carboxylic acids is 1. The Balaban J connectivity index is 3.81. The van der Waals surface area contributed by atoms with Gasteiger partial charge in [0.25, 0.3) is 0 Å². The molecule has 0 saturated heterocycles. The number of rotatable bonds is 4. The number of carboxylic acid groups (broad SMARTS) is 1. The van der Waals surface area contributed by atoms with Crippen molar-refractivity contribution >= 4 is 11.9 Å². The van der Waals surface area contributed by atoms with Crippen molar-refractivity contribution in [1.29, 1.82) is 0 Å². The van der Waals surface area contributed by atoms with E-state index >= 15 is 0 Å². The van der Waals surface area contributed by atoms with Gasteiger partial charge >= 0.3 is 5.97 Å². The molecule has 3 N–H and O–H groups in total. The van der Waals surface area contributed by atoms with Gasteiger partial charge in [-0.15, -0.1) is 0 Å². The van der Waals surface area contributed by atoms with Crippen LogP contribution in [0.15, 0.2) is 0 Å². The van der Waals surface area contributed by atoms with Crippen LogP contribution in [0.4, 0.5) is 0 Å². The monoisotopic (exact) mass is 203 g/mol. The van der Waals surface area contributed by atoms with Crippen LogP contribution in [0.3, 0.4) is 0 Å². The van der Waals surface area contributed by atoms with Gasteiger partial charge in [0.15, 0.2) is 6.10 Å². The lowest BCUT2D eigenvalue weighted by Gasteiger charge is -2.17. The van der Waals surface area contributed by atoms with Gasteiger partial charge in [0.05, 0.1) is 6.54 Å². The van der Waals surface area contributed by atoms with Crippen LogP contribution in [0.25, 0.3) is 0 Å². The number of hydrogen-bond acceptors (Lipinski definition) is 3. The van der Waals surface area contributed by atoms with Crippen molar-refractivity contribution in [3.05, 3.63) is 0 Å². The van der Waals surface area contributed by atoms with Crippen molar-refractivity contribution in [2.75, 3.05) is 6.54 Å². The van der Waals surface area contributed by atoms with Crippen molar-refractivity contribution in [1.82, 2.24) is 5.32 Å². The fourth-order valence-corrected chi connectivity index (χ4v) is 0.842. The molecule has 0 bridgehead atoms. The molecule has 0 aromatic carbocycles. The van der Waals surface area contributed by atoms with Crippen LogP contribution in [0, 0.1) is 5.41 Å². The summed E-state index contributed by atoms with van der Waals surface area (Å²) in [5.41, 5.74) is -0.141. The molecule has 0 rings (SSSR count). The molecule has 0 aliphatic heterocycles. The van der Waals surface area contributed by atoms with Gasteiger partial charge in [-0.25, -0.2) is 4.79 Å². The maximum absolute atomic E-state index is 11.2. The first-order chi connectivity index (χ1) is 6.22.